The summed E-state index contributed by atoms with van der Waals surface area (Å²) >= 11 is 0. The molecular weight excluding hydrogens is 428 g/mol. The van der Waals surface area contributed by atoms with E-state index >= 15 is 0 Å². The number of amides is 2. The van der Waals surface area contributed by atoms with Crippen LogP contribution in [-0.2, 0) is 11.3 Å². The monoisotopic (exact) mass is 448 g/mol. The third-order valence-corrected chi connectivity index (χ3v) is 5.85. The zero-order chi connectivity index (χ0) is 23.0. The van der Waals surface area contributed by atoms with Gasteiger partial charge in [-0.2, -0.15) is 18.2 Å². The molecule has 0 radical (unpaired) electrons. The first-order chi connectivity index (χ1) is 15.1. The molecule has 32 heavy (non-hydrogen) atoms. The fraction of sp³-hybridized carbons (Fsp3) is 0.318. The molecule has 2 aromatic rings. The van der Waals surface area contributed by atoms with E-state index < -0.39 is 17.9 Å². The van der Waals surface area contributed by atoms with Gasteiger partial charge in [0, 0.05) is 36.2 Å². The normalized spacial score (nSPS) is 21.6. The van der Waals surface area contributed by atoms with Crippen LogP contribution in [0, 0.1) is 5.82 Å². The van der Waals surface area contributed by atoms with Gasteiger partial charge in [0.2, 0.25) is 0 Å². The van der Waals surface area contributed by atoms with Crippen molar-refractivity contribution in [1.82, 2.24) is 10.2 Å². The number of benzene rings is 2. The Morgan fingerprint density at radius 2 is 1.88 bits per heavy atom. The summed E-state index contributed by atoms with van der Waals surface area (Å²) in [5, 5.41) is 3.30. The van der Waals surface area contributed by atoms with E-state index in [2.05, 4.69) is 10.3 Å². The molecule has 0 spiro atoms. The van der Waals surface area contributed by atoms with Crippen LogP contribution >= 0.6 is 0 Å². The molecule has 2 aliphatic heterocycles. The first-order valence-electron chi connectivity index (χ1n) is 10.0. The van der Waals surface area contributed by atoms with E-state index in [1.54, 1.807) is 23.1 Å². The molecule has 2 aliphatic rings. The first kappa shape index (κ1) is 21.9. The van der Waals surface area contributed by atoms with Crippen LogP contribution in [0.4, 0.5) is 17.6 Å². The Morgan fingerprint density at radius 1 is 1.16 bits per heavy atom. The third kappa shape index (κ3) is 4.22. The van der Waals surface area contributed by atoms with Crippen LogP contribution in [0.3, 0.4) is 0 Å². The lowest BCUT2D eigenvalue weighted by molar-refractivity contribution is -0.169. The summed E-state index contributed by atoms with van der Waals surface area (Å²) in [6.07, 6.45) is -4.43. The summed E-state index contributed by atoms with van der Waals surface area (Å²) in [5.41, 5.74) is 7.59. The summed E-state index contributed by atoms with van der Waals surface area (Å²) < 4.78 is 50.7. The van der Waals surface area contributed by atoms with E-state index in [0.29, 0.717) is 37.2 Å². The Bertz CT molecular complexity index is 1080. The second-order valence-electron chi connectivity index (χ2n) is 7.82. The van der Waals surface area contributed by atoms with Crippen LogP contribution in [0.1, 0.15) is 39.4 Å². The third-order valence-electron chi connectivity index (χ3n) is 5.85. The zero-order valence-corrected chi connectivity index (χ0v) is 16.8. The molecule has 3 N–H and O–H groups in total. The fourth-order valence-corrected chi connectivity index (χ4v) is 4.26. The smallest absolute Gasteiger partial charge is 0.383 e. The molecule has 0 saturated carbocycles. The van der Waals surface area contributed by atoms with Crippen LogP contribution in [-0.4, -0.2) is 47.9 Å². The van der Waals surface area contributed by atoms with Crippen molar-refractivity contribution in [1.29, 1.82) is 0 Å². The Morgan fingerprint density at radius 3 is 2.56 bits per heavy atom. The van der Waals surface area contributed by atoms with Crippen LogP contribution < -0.4 is 11.1 Å². The number of nitrogens with one attached hydrogen (secondary N) is 1. The summed E-state index contributed by atoms with van der Waals surface area (Å²) in [4.78, 5) is 28.9. The maximum Gasteiger partial charge on any atom is 0.473 e. The van der Waals surface area contributed by atoms with Gasteiger partial charge < -0.3 is 16.0 Å². The molecule has 1 saturated heterocycles. The molecule has 0 bridgehead atoms. The number of hydrogen-bond acceptors (Lipinski definition) is 3. The van der Waals surface area contributed by atoms with Gasteiger partial charge in [-0.3, -0.25) is 9.59 Å². The van der Waals surface area contributed by atoms with E-state index in [1.165, 1.54) is 24.3 Å². The van der Waals surface area contributed by atoms with Gasteiger partial charge in [0.05, 0.1) is 0 Å². The molecule has 2 heterocycles. The Kier molecular flexibility index (Phi) is 5.72. The van der Waals surface area contributed by atoms with Crippen LogP contribution in [0.5, 0.6) is 0 Å². The maximum atomic E-state index is 13.4. The number of hydrogen-bond donors (Lipinski definition) is 2. The molecule has 0 aliphatic carbocycles. The zero-order valence-electron chi connectivity index (χ0n) is 16.8. The fourth-order valence-electron chi connectivity index (χ4n) is 4.26. The number of carbonyl (C=O) groups excluding carboxylic acids is 2. The van der Waals surface area contributed by atoms with Gasteiger partial charge in [0.1, 0.15) is 11.7 Å². The Balaban J connectivity index is 1.59. The average molecular weight is 448 g/mol. The van der Waals surface area contributed by atoms with E-state index in [9.17, 15) is 27.2 Å². The van der Waals surface area contributed by atoms with Crippen molar-refractivity contribution in [3.8, 4) is 0 Å². The SMILES string of the molecule is NC(=NC(=O)C(F)(F)F)c1ccc2c(c1)C(=O)N(C1CCNCC1c1ccc(F)cc1)C2. The van der Waals surface area contributed by atoms with Crippen molar-refractivity contribution >= 4 is 17.6 Å². The number of rotatable bonds is 3. The van der Waals surface area contributed by atoms with Crippen LogP contribution in [0.2, 0.25) is 0 Å². The summed E-state index contributed by atoms with van der Waals surface area (Å²) in [5.74, 6) is -3.56. The van der Waals surface area contributed by atoms with Gasteiger partial charge in [0.15, 0.2) is 0 Å². The number of aliphatic imine (C=N–C) groups is 1. The minimum absolute atomic E-state index is 0.0434. The molecule has 2 unspecified atom stereocenters. The van der Waals surface area contributed by atoms with Gasteiger partial charge in [-0.25, -0.2) is 4.39 Å². The van der Waals surface area contributed by atoms with E-state index in [1.807, 2.05) is 0 Å². The molecular formula is C22H20F4N4O2. The minimum Gasteiger partial charge on any atom is -0.383 e. The second-order valence-corrected chi connectivity index (χ2v) is 7.82. The molecule has 1 fully saturated rings. The minimum atomic E-state index is -5.13. The topological polar surface area (TPSA) is 87.8 Å². The summed E-state index contributed by atoms with van der Waals surface area (Å²) in [6.45, 7) is 1.68. The highest BCUT2D eigenvalue weighted by Crippen LogP contribution is 2.34. The van der Waals surface area contributed by atoms with Crippen molar-refractivity contribution < 1.29 is 27.2 Å². The number of halogens is 4. The largest absolute Gasteiger partial charge is 0.473 e. The Labute approximate surface area is 181 Å². The van der Waals surface area contributed by atoms with E-state index in [0.717, 1.165) is 5.56 Å². The highest BCUT2D eigenvalue weighted by molar-refractivity contribution is 6.07. The number of nitrogens with zero attached hydrogens (tertiary/aromatic N) is 2. The van der Waals surface area contributed by atoms with Crippen LogP contribution in [0.15, 0.2) is 47.5 Å². The standard InChI is InChI=1S/C22H20F4N4O2/c23-15-5-3-12(4-6-15)17-10-28-8-7-18(17)30-11-14-2-1-13(9-16(14)20(30)31)19(27)29-21(32)22(24,25)26/h1-6,9,17-18,28H,7-8,10-11H2,(H2,27,29,32). The highest BCUT2D eigenvalue weighted by atomic mass is 19.4. The van der Waals surface area contributed by atoms with Gasteiger partial charge in [-0.1, -0.05) is 24.3 Å². The predicted octanol–water partition coefficient (Wildman–Crippen LogP) is 2.72. The molecule has 4 rings (SSSR count). The van der Waals surface area contributed by atoms with Gasteiger partial charge >= 0.3 is 12.1 Å². The second kappa shape index (κ2) is 8.34. The molecule has 6 nitrogen and oxygen atoms in total. The highest BCUT2D eigenvalue weighted by Gasteiger charge is 2.40. The van der Waals surface area contributed by atoms with Crippen molar-refractivity contribution in [3.63, 3.8) is 0 Å². The van der Waals surface area contributed by atoms with Crippen molar-refractivity contribution in [2.24, 2.45) is 10.7 Å². The molecule has 2 aromatic carbocycles. The lowest BCUT2D eigenvalue weighted by atomic mass is 9.86. The Hall–Kier alpha value is -3.27. The number of piperidine rings is 1. The van der Waals surface area contributed by atoms with Crippen molar-refractivity contribution in [2.75, 3.05) is 13.1 Å². The molecule has 0 aromatic heterocycles. The molecule has 2 amide bonds. The molecule has 10 heteroatoms. The predicted molar refractivity (Wildman–Crippen MR) is 109 cm³/mol. The lowest BCUT2D eigenvalue weighted by Crippen LogP contribution is -2.48. The number of fused-ring (bicyclic) bond motifs is 1. The summed E-state index contributed by atoms with van der Waals surface area (Å²) in [7, 11) is 0. The number of carbonyl (C=O) groups is 2. The van der Waals surface area contributed by atoms with Crippen molar-refractivity contribution in [2.45, 2.75) is 31.1 Å². The van der Waals surface area contributed by atoms with Gasteiger partial charge in [-0.05, 0) is 42.3 Å². The number of amidine groups is 1. The first-order valence-corrected chi connectivity index (χ1v) is 10.0. The summed E-state index contributed by atoms with van der Waals surface area (Å²) in [6, 6.07) is 10.5. The average Bonchev–Trinajstić information content (AvgIpc) is 3.09. The van der Waals surface area contributed by atoms with E-state index in [-0.39, 0.29) is 29.2 Å². The van der Waals surface area contributed by atoms with Gasteiger partial charge in [0.25, 0.3) is 5.91 Å². The van der Waals surface area contributed by atoms with Crippen molar-refractivity contribution in [3.05, 3.63) is 70.5 Å². The van der Waals surface area contributed by atoms with E-state index in [4.69, 9.17) is 5.73 Å². The quantitative estimate of drug-likeness (QED) is 0.430. The number of alkyl halides is 3. The lowest BCUT2D eigenvalue weighted by Gasteiger charge is -2.38. The maximum absolute atomic E-state index is 13.4. The molecule has 168 valence electrons. The van der Waals surface area contributed by atoms with Gasteiger partial charge in [-0.15, -0.1) is 0 Å². The van der Waals surface area contributed by atoms with Crippen LogP contribution in [0.25, 0.3) is 0 Å². The molecule has 2 atom stereocenters. The number of nitrogens with two attached hydrogens (primary N) is 1.